The molecule has 20 heavy (non-hydrogen) atoms. The first-order valence-electron chi connectivity index (χ1n) is 5.67. The average molecular weight is 369 g/mol. The van der Waals surface area contributed by atoms with E-state index in [1.807, 2.05) is 18.2 Å². The van der Waals surface area contributed by atoms with Crippen molar-refractivity contribution in [2.24, 2.45) is 0 Å². The van der Waals surface area contributed by atoms with Crippen LogP contribution in [0.5, 0.6) is 0 Å². The lowest BCUT2D eigenvalue weighted by molar-refractivity contribution is 0.603. The van der Waals surface area contributed by atoms with Crippen LogP contribution in [-0.4, -0.2) is 13.4 Å². The van der Waals surface area contributed by atoms with Gasteiger partial charge < -0.3 is 0 Å². The lowest BCUT2D eigenvalue weighted by Gasteiger charge is -2.09. The molecule has 0 aliphatic rings. The molecule has 0 amide bonds. The van der Waals surface area contributed by atoms with Crippen molar-refractivity contribution in [1.82, 2.24) is 4.98 Å². The fourth-order valence-electron chi connectivity index (χ4n) is 1.84. The zero-order valence-corrected chi connectivity index (χ0v) is 13.3. The Labute approximate surface area is 128 Å². The summed E-state index contributed by atoms with van der Waals surface area (Å²) in [5.41, 5.74) is 0.528. The largest absolute Gasteiger partial charge is 0.278 e. The number of thiophene rings is 1. The Hall–Kier alpha value is -1.44. The minimum Gasteiger partial charge on any atom is -0.278 e. The first-order chi connectivity index (χ1) is 9.56. The molecule has 0 fully saturated rings. The van der Waals surface area contributed by atoms with Gasteiger partial charge in [0, 0.05) is 17.8 Å². The van der Waals surface area contributed by atoms with E-state index >= 15 is 0 Å². The molecular formula is C13H9BrN2O2S2. The van der Waals surface area contributed by atoms with E-state index in [9.17, 15) is 8.42 Å². The van der Waals surface area contributed by atoms with Crippen LogP contribution in [0.2, 0.25) is 0 Å². The monoisotopic (exact) mass is 368 g/mol. The maximum absolute atomic E-state index is 12.3. The second-order valence-corrected chi connectivity index (χ2v) is 8.44. The summed E-state index contributed by atoms with van der Waals surface area (Å²) in [6.45, 7) is 0. The van der Waals surface area contributed by atoms with Crippen LogP contribution in [0.3, 0.4) is 0 Å². The van der Waals surface area contributed by atoms with Gasteiger partial charge in [0.1, 0.15) is 4.21 Å². The average Bonchev–Trinajstić information content (AvgIpc) is 2.86. The predicted molar refractivity (Wildman–Crippen MR) is 84.6 cm³/mol. The van der Waals surface area contributed by atoms with E-state index in [2.05, 4.69) is 25.6 Å². The fraction of sp³-hybridized carbons (Fsp3) is 0. The smallest absolute Gasteiger partial charge is 0.271 e. The molecule has 0 radical (unpaired) electrons. The van der Waals surface area contributed by atoms with Gasteiger partial charge in [-0.3, -0.25) is 9.71 Å². The molecule has 3 rings (SSSR count). The number of rotatable bonds is 3. The zero-order valence-electron chi connectivity index (χ0n) is 10.1. The van der Waals surface area contributed by atoms with Gasteiger partial charge in [-0.2, -0.15) is 0 Å². The van der Waals surface area contributed by atoms with Gasteiger partial charge in [0.25, 0.3) is 10.0 Å². The Morgan fingerprint density at radius 2 is 2.00 bits per heavy atom. The van der Waals surface area contributed by atoms with Crippen molar-refractivity contribution in [3.63, 3.8) is 0 Å². The zero-order chi connectivity index (χ0) is 14.2. The predicted octanol–water partition coefficient (Wildman–Crippen LogP) is 3.86. The van der Waals surface area contributed by atoms with Gasteiger partial charge in [-0.1, -0.05) is 12.1 Å². The van der Waals surface area contributed by atoms with Crippen molar-refractivity contribution in [3.05, 3.63) is 52.6 Å². The third kappa shape index (κ3) is 2.56. The molecule has 0 spiro atoms. The van der Waals surface area contributed by atoms with Crippen molar-refractivity contribution in [2.75, 3.05) is 4.72 Å². The summed E-state index contributed by atoms with van der Waals surface area (Å²) in [5.74, 6) is 0. The Balaban J connectivity index is 2.05. The summed E-state index contributed by atoms with van der Waals surface area (Å²) >= 11 is 4.44. The molecule has 0 bridgehead atoms. The number of anilines is 1. The van der Waals surface area contributed by atoms with Gasteiger partial charge in [0.15, 0.2) is 0 Å². The summed E-state index contributed by atoms with van der Waals surface area (Å²) in [4.78, 5) is 4.04. The number of pyridine rings is 1. The third-order valence-corrected chi connectivity index (χ3v) is 6.22. The summed E-state index contributed by atoms with van der Waals surface area (Å²) < 4.78 is 28.3. The number of fused-ring (bicyclic) bond motifs is 1. The van der Waals surface area contributed by atoms with Crippen molar-refractivity contribution in [2.45, 2.75) is 4.21 Å². The maximum atomic E-state index is 12.3. The molecule has 1 aromatic carbocycles. The van der Waals surface area contributed by atoms with E-state index in [1.165, 1.54) is 11.3 Å². The second-order valence-electron chi connectivity index (χ2n) is 4.07. The molecule has 0 saturated carbocycles. The Kier molecular flexibility index (Phi) is 3.49. The normalized spacial score (nSPS) is 11.7. The van der Waals surface area contributed by atoms with Crippen LogP contribution in [0.4, 0.5) is 5.69 Å². The van der Waals surface area contributed by atoms with Crippen molar-refractivity contribution < 1.29 is 8.42 Å². The first kappa shape index (κ1) is 13.5. The molecular weight excluding hydrogens is 360 g/mol. The van der Waals surface area contributed by atoms with Gasteiger partial charge in [0.05, 0.1) is 9.47 Å². The number of aromatic nitrogens is 1. The number of hydrogen-bond donors (Lipinski definition) is 1. The van der Waals surface area contributed by atoms with Gasteiger partial charge in [-0.25, -0.2) is 8.42 Å². The lowest BCUT2D eigenvalue weighted by Crippen LogP contribution is -2.11. The fourth-order valence-corrected chi connectivity index (χ4v) is 4.93. The van der Waals surface area contributed by atoms with Crippen LogP contribution < -0.4 is 4.72 Å². The van der Waals surface area contributed by atoms with Crippen LogP contribution in [0.15, 0.2) is 56.8 Å². The molecule has 2 heterocycles. The number of benzene rings is 1. The third-order valence-electron chi connectivity index (χ3n) is 2.74. The maximum Gasteiger partial charge on any atom is 0.271 e. The summed E-state index contributed by atoms with van der Waals surface area (Å²) in [5, 5.41) is 1.71. The highest BCUT2D eigenvalue weighted by Gasteiger charge is 2.17. The Morgan fingerprint density at radius 1 is 1.15 bits per heavy atom. The van der Waals surface area contributed by atoms with E-state index in [4.69, 9.17) is 0 Å². The SMILES string of the molecule is O=S(=O)(Nc1cccc2ccncc12)c1ccc(Br)s1. The Bertz CT molecular complexity index is 869. The minimum atomic E-state index is -3.57. The summed E-state index contributed by atoms with van der Waals surface area (Å²) in [7, 11) is -3.57. The van der Waals surface area contributed by atoms with Crippen molar-refractivity contribution in [1.29, 1.82) is 0 Å². The lowest BCUT2D eigenvalue weighted by atomic mass is 10.1. The molecule has 1 N–H and O–H groups in total. The number of nitrogens with one attached hydrogen (secondary N) is 1. The van der Waals surface area contributed by atoms with E-state index in [-0.39, 0.29) is 4.21 Å². The number of sulfonamides is 1. The molecule has 0 aliphatic carbocycles. The van der Waals surface area contributed by atoms with Gasteiger partial charge in [-0.05, 0) is 45.6 Å². The van der Waals surface area contributed by atoms with E-state index in [1.54, 1.807) is 30.6 Å². The molecule has 4 nitrogen and oxygen atoms in total. The van der Waals surface area contributed by atoms with Crippen molar-refractivity contribution >= 4 is 53.7 Å². The topological polar surface area (TPSA) is 59.1 Å². The highest BCUT2D eigenvalue weighted by Crippen LogP contribution is 2.29. The Morgan fingerprint density at radius 3 is 2.75 bits per heavy atom. The van der Waals surface area contributed by atoms with E-state index in [0.29, 0.717) is 5.69 Å². The van der Waals surface area contributed by atoms with Crippen LogP contribution >= 0.6 is 27.3 Å². The molecule has 0 aliphatic heterocycles. The first-order valence-corrected chi connectivity index (χ1v) is 8.76. The number of halogens is 1. The van der Waals surface area contributed by atoms with Gasteiger partial charge in [-0.15, -0.1) is 11.3 Å². The highest BCUT2D eigenvalue weighted by molar-refractivity contribution is 9.11. The second kappa shape index (κ2) is 5.16. The quantitative estimate of drug-likeness (QED) is 0.763. The standard InChI is InChI=1S/C13H9BrN2O2S2/c14-12-4-5-13(19-12)20(17,18)16-11-3-1-2-9-6-7-15-8-10(9)11/h1-8,16H. The molecule has 0 atom stereocenters. The summed E-state index contributed by atoms with van der Waals surface area (Å²) in [6, 6.07) is 10.6. The van der Waals surface area contributed by atoms with E-state index < -0.39 is 10.0 Å². The molecule has 0 unspecified atom stereocenters. The van der Waals surface area contributed by atoms with Gasteiger partial charge in [0.2, 0.25) is 0 Å². The van der Waals surface area contributed by atoms with E-state index in [0.717, 1.165) is 14.6 Å². The van der Waals surface area contributed by atoms with Crippen LogP contribution in [0.25, 0.3) is 10.8 Å². The molecule has 102 valence electrons. The van der Waals surface area contributed by atoms with Crippen LogP contribution in [0, 0.1) is 0 Å². The summed E-state index contributed by atoms with van der Waals surface area (Å²) in [6.07, 6.45) is 3.33. The molecule has 0 saturated heterocycles. The van der Waals surface area contributed by atoms with Crippen LogP contribution in [-0.2, 0) is 10.0 Å². The molecule has 7 heteroatoms. The van der Waals surface area contributed by atoms with Crippen molar-refractivity contribution in [3.8, 4) is 0 Å². The number of nitrogens with zero attached hydrogens (tertiary/aromatic N) is 1. The number of hydrogen-bond acceptors (Lipinski definition) is 4. The highest BCUT2D eigenvalue weighted by atomic mass is 79.9. The molecule has 3 aromatic rings. The molecule has 2 aromatic heterocycles. The minimum absolute atomic E-state index is 0.269. The van der Waals surface area contributed by atoms with Gasteiger partial charge >= 0.3 is 0 Å². The van der Waals surface area contributed by atoms with Crippen LogP contribution in [0.1, 0.15) is 0 Å².